The Morgan fingerprint density at radius 3 is 2.44 bits per heavy atom. The number of nitrogens with zero attached hydrogens (tertiary/aromatic N) is 1. The lowest BCUT2D eigenvalue weighted by Gasteiger charge is -2.33. The standard InChI is InChI=1S/C20H21NO5S/c1-12-8-15(27(3,25)26)9-17(13(12)2)19(22)21-10-14-6-4-5-7-16(14)18(11-21)20(23)24/h4-9,18H,10-11H2,1-3H3,(H,23,24). The molecule has 1 amide bonds. The Morgan fingerprint density at radius 1 is 1.15 bits per heavy atom. The van der Waals surface area contributed by atoms with E-state index in [-0.39, 0.29) is 17.3 Å². The number of hydrogen-bond acceptors (Lipinski definition) is 4. The Bertz CT molecular complexity index is 1040. The molecule has 0 aliphatic carbocycles. The second-order valence-electron chi connectivity index (χ2n) is 6.96. The Morgan fingerprint density at radius 2 is 1.81 bits per heavy atom. The fourth-order valence-corrected chi connectivity index (χ4v) is 4.13. The van der Waals surface area contributed by atoms with Crippen LogP contribution in [-0.2, 0) is 21.2 Å². The summed E-state index contributed by atoms with van der Waals surface area (Å²) in [5, 5.41) is 9.59. The van der Waals surface area contributed by atoms with Gasteiger partial charge in [0.2, 0.25) is 0 Å². The third-order valence-corrected chi connectivity index (χ3v) is 6.17. The number of carbonyl (C=O) groups excluding carboxylic acids is 1. The molecule has 27 heavy (non-hydrogen) atoms. The summed E-state index contributed by atoms with van der Waals surface area (Å²) in [6, 6.07) is 10.1. The number of hydrogen-bond donors (Lipinski definition) is 1. The zero-order chi connectivity index (χ0) is 19.9. The number of sulfone groups is 1. The van der Waals surface area contributed by atoms with Crippen molar-refractivity contribution in [2.45, 2.75) is 31.2 Å². The zero-order valence-corrected chi connectivity index (χ0v) is 16.2. The maximum Gasteiger partial charge on any atom is 0.312 e. The highest BCUT2D eigenvalue weighted by atomic mass is 32.2. The minimum atomic E-state index is -3.47. The smallest absolute Gasteiger partial charge is 0.312 e. The molecule has 0 saturated carbocycles. The molecule has 0 aromatic heterocycles. The van der Waals surface area contributed by atoms with Crippen molar-refractivity contribution in [2.24, 2.45) is 0 Å². The summed E-state index contributed by atoms with van der Waals surface area (Å²) in [6.45, 7) is 3.86. The van der Waals surface area contributed by atoms with Crippen LogP contribution < -0.4 is 0 Å². The second-order valence-corrected chi connectivity index (χ2v) is 8.98. The van der Waals surface area contributed by atoms with Gasteiger partial charge in [0.15, 0.2) is 9.84 Å². The number of aliphatic carboxylic acids is 1. The summed E-state index contributed by atoms with van der Waals surface area (Å²) >= 11 is 0. The molecule has 7 heteroatoms. The molecule has 1 unspecified atom stereocenters. The van der Waals surface area contributed by atoms with Crippen LogP contribution in [0.3, 0.4) is 0 Å². The number of benzene rings is 2. The van der Waals surface area contributed by atoms with Gasteiger partial charge in [0.1, 0.15) is 0 Å². The van der Waals surface area contributed by atoms with Gasteiger partial charge in [-0.1, -0.05) is 24.3 Å². The van der Waals surface area contributed by atoms with Crippen molar-refractivity contribution < 1.29 is 23.1 Å². The third-order valence-electron chi connectivity index (χ3n) is 5.08. The van der Waals surface area contributed by atoms with Crippen LogP contribution in [0.25, 0.3) is 0 Å². The lowest BCUT2D eigenvalue weighted by atomic mass is 9.89. The topological polar surface area (TPSA) is 91.8 Å². The van der Waals surface area contributed by atoms with Gasteiger partial charge in [0, 0.05) is 24.9 Å². The van der Waals surface area contributed by atoms with Gasteiger partial charge in [-0.05, 0) is 48.2 Å². The van der Waals surface area contributed by atoms with E-state index in [2.05, 4.69) is 0 Å². The lowest BCUT2D eigenvalue weighted by Crippen LogP contribution is -2.41. The van der Waals surface area contributed by atoms with Crippen molar-refractivity contribution in [3.8, 4) is 0 Å². The number of amides is 1. The van der Waals surface area contributed by atoms with Gasteiger partial charge >= 0.3 is 5.97 Å². The quantitative estimate of drug-likeness (QED) is 0.874. The molecule has 1 heterocycles. The molecule has 2 aromatic carbocycles. The first-order chi connectivity index (χ1) is 12.6. The molecule has 1 atom stereocenters. The van der Waals surface area contributed by atoms with E-state index in [1.54, 1.807) is 32.0 Å². The lowest BCUT2D eigenvalue weighted by molar-refractivity contribution is -0.139. The van der Waals surface area contributed by atoms with Crippen molar-refractivity contribution >= 4 is 21.7 Å². The van der Waals surface area contributed by atoms with Crippen molar-refractivity contribution in [2.75, 3.05) is 12.8 Å². The minimum absolute atomic E-state index is 0.0484. The summed E-state index contributed by atoms with van der Waals surface area (Å²) in [5.41, 5.74) is 3.19. The molecule has 0 bridgehead atoms. The first kappa shape index (κ1) is 19.1. The maximum absolute atomic E-state index is 13.2. The molecule has 2 aromatic rings. The minimum Gasteiger partial charge on any atom is -0.481 e. The fourth-order valence-electron chi connectivity index (χ4n) is 3.41. The van der Waals surface area contributed by atoms with E-state index >= 15 is 0 Å². The molecule has 3 rings (SSSR count). The van der Waals surface area contributed by atoms with E-state index in [1.807, 2.05) is 12.1 Å². The summed E-state index contributed by atoms with van der Waals surface area (Å²) in [7, 11) is -3.47. The van der Waals surface area contributed by atoms with Crippen LogP contribution in [0.2, 0.25) is 0 Å². The predicted molar refractivity (Wildman–Crippen MR) is 101 cm³/mol. The van der Waals surface area contributed by atoms with E-state index in [0.717, 1.165) is 11.8 Å². The van der Waals surface area contributed by atoms with E-state index in [0.29, 0.717) is 28.8 Å². The van der Waals surface area contributed by atoms with Crippen LogP contribution in [0, 0.1) is 13.8 Å². The molecule has 1 aliphatic rings. The zero-order valence-electron chi connectivity index (χ0n) is 15.4. The Hall–Kier alpha value is -2.67. The number of carboxylic acid groups (broad SMARTS) is 1. The maximum atomic E-state index is 13.2. The van der Waals surface area contributed by atoms with E-state index in [4.69, 9.17) is 0 Å². The molecule has 142 valence electrons. The Labute approximate surface area is 158 Å². The number of rotatable bonds is 3. The Balaban J connectivity index is 2.05. The normalized spacial score (nSPS) is 16.7. The number of fused-ring (bicyclic) bond motifs is 1. The molecule has 1 aliphatic heterocycles. The predicted octanol–water partition coefficient (Wildman–Crippen LogP) is 2.53. The van der Waals surface area contributed by atoms with Crippen LogP contribution in [-0.4, -0.2) is 43.1 Å². The monoisotopic (exact) mass is 387 g/mol. The average molecular weight is 387 g/mol. The highest BCUT2D eigenvalue weighted by molar-refractivity contribution is 7.90. The van der Waals surface area contributed by atoms with Crippen molar-refractivity contribution in [3.63, 3.8) is 0 Å². The molecule has 0 fully saturated rings. The number of aryl methyl sites for hydroxylation is 1. The SMILES string of the molecule is Cc1cc(S(C)(=O)=O)cc(C(=O)N2Cc3ccccc3C(C(=O)O)C2)c1C. The highest BCUT2D eigenvalue weighted by Crippen LogP contribution is 2.30. The summed E-state index contributed by atoms with van der Waals surface area (Å²) in [5.74, 6) is -2.15. The summed E-state index contributed by atoms with van der Waals surface area (Å²) < 4.78 is 23.9. The molecule has 0 saturated heterocycles. The van der Waals surface area contributed by atoms with Crippen molar-refractivity contribution in [1.82, 2.24) is 4.90 Å². The molecule has 0 radical (unpaired) electrons. The van der Waals surface area contributed by atoms with Gasteiger partial charge in [-0.25, -0.2) is 8.42 Å². The average Bonchev–Trinajstić information content (AvgIpc) is 2.61. The third kappa shape index (κ3) is 3.60. The van der Waals surface area contributed by atoms with E-state index in [9.17, 15) is 23.1 Å². The molecule has 6 nitrogen and oxygen atoms in total. The Kier molecular flexibility index (Phi) is 4.82. The summed E-state index contributed by atoms with van der Waals surface area (Å²) in [4.78, 5) is 26.4. The van der Waals surface area contributed by atoms with Gasteiger partial charge < -0.3 is 10.0 Å². The van der Waals surface area contributed by atoms with Gasteiger partial charge in [0.25, 0.3) is 5.91 Å². The molecular formula is C20H21NO5S. The molecule has 1 N–H and O–H groups in total. The highest BCUT2D eigenvalue weighted by Gasteiger charge is 2.33. The van der Waals surface area contributed by atoms with Gasteiger partial charge in [0.05, 0.1) is 10.8 Å². The largest absolute Gasteiger partial charge is 0.481 e. The number of carbonyl (C=O) groups is 2. The van der Waals surface area contributed by atoms with Crippen LogP contribution >= 0.6 is 0 Å². The first-order valence-corrected chi connectivity index (χ1v) is 10.4. The van der Waals surface area contributed by atoms with E-state index < -0.39 is 21.7 Å². The van der Waals surface area contributed by atoms with E-state index in [1.165, 1.54) is 11.0 Å². The van der Waals surface area contributed by atoms with Gasteiger partial charge in [-0.15, -0.1) is 0 Å². The van der Waals surface area contributed by atoms with Gasteiger partial charge in [-0.2, -0.15) is 0 Å². The molecule has 0 spiro atoms. The van der Waals surface area contributed by atoms with Crippen molar-refractivity contribution in [1.29, 1.82) is 0 Å². The van der Waals surface area contributed by atoms with Crippen LogP contribution in [0.15, 0.2) is 41.3 Å². The molecular weight excluding hydrogens is 366 g/mol. The first-order valence-electron chi connectivity index (χ1n) is 8.50. The van der Waals surface area contributed by atoms with Crippen molar-refractivity contribution in [3.05, 3.63) is 64.2 Å². The fraction of sp³-hybridized carbons (Fsp3) is 0.300. The second kappa shape index (κ2) is 6.81. The number of carboxylic acids is 1. The summed E-state index contributed by atoms with van der Waals surface area (Å²) in [6.07, 6.45) is 1.10. The van der Waals surface area contributed by atoms with Crippen LogP contribution in [0.4, 0.5) is 0 Å². The van der Waals surface area contributed by atoms with Gasteiger partial charge in [-0.3, -0.25) is 9.59 Å². The van der Waals surface area contributed by atoms with Crippen LogP contribution in [0.5, 0.6) is 0 Å². The van der Waals surface area contributed by atoms with Crippen LogP contribution in [0.1, 0.15) is 38.5 Å².